The lowest BCUT2D eigenvalue weighted by molar-refractivity contribution is 0.318. The van der Waals surface area contributed by atoms with E-state index in [2.05, 4.69) is 0 Å². The Hall–Kier alpha value is -2.33. The maximum Gasteiger partial charge on any atom is 0.247 e. The monoisotopic (exact) mass is 547 g/mol. The molecule has 0 bridgehead atoms. The topological polar surface area (TPSA) is 104 Å². The molecule has 1 unspecified atom stereocenters. The Morgan fingerprint density at radius 1 is 1.08 bits per heavy atom. The molecule has 2 N–H and O–H groups in total. The Kier molecular flexibility index (Phi) is 6.70. The van der Waals surface area contributed by atoms with Crippen LogP contribution in [0.3, 0.4) is 0 Å². The lowest BCUT2D eigenvalue weighted by atomic mass is 9.89. The van der Waals surface area contributed by atoms with Gasteiger partial charge in [0.25, 0.3) is 0 Å². The number of nitrogens with two attached hydrogens (primary N) is 1. The zero-order valence-electron chi connectivity index (χ0n) is 20.1. The number of fused-ring (bicyclic) bond motifs is 1. The highest BCUT2D eigenvalue weighted by atomic mass is 35.5. The standard InChI is InChI=1S/C26H30ClN3O4S2/c1-18-26(35(28,31)32)15-24(29(18)16-19-9-3-2-4-10-19)21-17-30(23-13-7-5-11-20(21)23)36(33,34)25-14-8-6-12-22(25)27/h5-8,11-13,15,17,19,25H,2-4,9-10,14,16H2,1H3,(H2,28,31,32). The van der Waals surface area contributed by atoms with Crippen LogP contribution in [0, 0.1) is 12.8 Å². The zero-order chi connectivity index (χ0) is 25.7. The summed E-state index contributed by atoms with van der Waals surface area (Å²) in [7, 11) is -7.85. The van der Waals surface area contributed by atoms with Crippen molar-refractivity contribution in [3.63, 3.8) is 0 Å². The van der Waals surface area contributed by atoms with Crippen LogP contribution in [0.5, 0.6) is 0 Å². The van der Waals surface area contributed by atoms with E-state index in [1.54, 1.807) is 49.5 Å². The van der Waals surface area contributed by atoms with E-state index in [9.17, 15) is 16.8 Å². The van der Waals surface area contributed by atoms with E-state index in [1.165, 1.54) is 10.4 Å². The summed E-state index contributed by atoms with van der Waals surface area (Å²) in [6, 6.07) is 8.84. The smallest absolute Gasteiger partial charge is 0.247 e. The first-order chi connectivity index (χ1) is 17.1. The molecule has 192 valence electrons. The highest BCUT2D eigenvalue weighted by Crippen LogP contribution is 2.38. The van der Waals surface area contributed by atoms with Gasteiger partial charge in [-0.05, 0) is 50.3 Å². The van der Waals surface area contributed by atoms with Crippen LogP contribution in [0.2, 0.25) is 0 Å². The van der Waals surface area contributed by atoms with E-state index in [0.717, 1.165) is 31.1 Å². The SMILES string of the molecule is Cc1c(S(N)(=O)=O)cc(-c2cn(S(=O)(=O)C3CC=CC=C3Cl)c3ccccc23)n1CC1CCCCC1. The maximum atomic E-state index is 13.8. The molecule has 1 saturated carbocycles. The van der Waals surface area contributed by atoms with E-state index < -0.39 is 25.3 Å². The number of nitrogens with zero attached hydrogens (tertiary/aromatic N) is 2. The Bertz CT molecular complexity index is 1590. The Morgan fingerprint density at radius 2 is 1.81 bits per heavy atom. The van der Waals surface area contributed by atoms with Gasteiger partial charge in [-0.1, -0.05) is 61.2 Å². The first-order valence-corrected chi connectivity index (χ1v) is 15.6. The minimum absolute atomic E-state index is 0.0661. The molecule has 2 heterocycles. The highest BCUT2D eigenvalue weighted by molar-refractivity contribution is 7.91. The summed E-state index contributed by atoms with van der Waals surface area (Å²) in [6.07, 6.45) is 12.7. The molecule has 7 nitrogen and oxygen atoms in total. The van der Waals surface area contributed by atoms with Crippen molar-refractivity contribution in [1.29, 1.82) is 0 Å². The Labute approximate surface area is 217 Å². The molecular weight excluding hydrogens is 518 g/mol. The molecule has 1 atom stereocenters. The second kappa shape index (κ2) is 9.52. The second-order valence-corrected chi connectivity index (χ2v) is 13.7. The van der Waals surface area contributed by atoms with Crippen molar-refractivity contribution in [2.45, 2.75) is 62.1 Å². The quantitative estimate of drug-likeness (QED) is 0.453. The van der Waals surface area contributed by atoms with Gasteiger partial charge in [0.05, 0.1) is 11.2 Å². The van der Waals surface area contributed by atoms with Crippen molar-refractivity contribution < 1.29 is 16.8 Å². The Morgan fingerprint density at radius 3 is 2.50 bits per heavy atom. The minimum Gasteiger partial charge on any atom is -0.343 e. The first kappa shape index (κ1) is 25.3. The van der Waals surface area contributed by atoms with Gasteiger partial charge in [-0.2, -0.15) is 0 Å². The molecule has 3 aromatic rings. The fraction of sp³-hybridized carbons (Fsp3) is 0.385. The number of hydrogen-bond donors (Lipinski definition) is 1. The van der Waals surface area contributed by atoms with Gasteiger partial charge in [0.2, 0.25) is 20.0 Å². The lowest BCUT2D eigenvalue weighted by Gasteiger charge is -2.24. The van der Waals surface area contributed by atoms with Gasteiger partial charge in [0, 0.05) is 34.4 Å². The third-order valence-corrected chi connectivity index (χ3v) is 11.0. The number of halogens is 1. The number of aromatic nitrogens is 2. The highest BCUT2D eigenvalue weighted by Gasteiger charge is 2.33. The summed E-state index contributed by atoms with van der Waals surface area (Å²) in [5.74, 6) is 0.423. The molecule has 36 heavy (non-hydrogen) atoms. The van der Waals surface area contributed by atoms with E-state index in [1.807, 2.05) is 16.7 Å². The molecule has 0 spiro atoms. The normalized spacial score (nSPS) is 19.6. The largest absolute Gasteiger partial charge is 0.343 e. The minimum atomic E-state index is -3.96. The van der Waals surface area contributed by atoms with Gasteiger partial charge in [-0.25, -0.2) is 25.9 Å². The van der Waals surface area contributed by atoms with Gasteiger partial charge in [-0.15, -0.1) is 0 Å². The molecule has 1 fully saturated rings. The van der Waals surface area contributed by atoms with Crippen LogP contribution in [0.15, 0.2) is 64.7 Å². The van der Waals surface area contributed by atoms with Crippen LogP contribution < -0.4 is 5.14 Å². The molecule has 5 rings (SSSR count). The predicted octanol–water partition coefficient (Wildman–Crippen LogP) is 5.28. The fourth-order valence-electron chi connectivity index (χ4n) is 5.54. The molecular formula is C26H30ClN3O4S2. The molecule has 2 aromatic heterocycles. The Balaban J connectivity index is 1.71. The number of primary sulfonamides is 1. The van der Waals surface area contributed by atoms with Crippen LogP contribution in [0.25, 0.3) is 22.2 Å². The van der Waals surface area contributed by atoms with Crippen LogP contribution in [-0.4, -0.2) is 30.6 Å². The van der Waals surface area contributed by atoms with Gasteiger partial charge >= 0.3 is 0 Å². The molecule has 0 aliphatic heterocycles. The van der Waals surface area contributed by atoms with Crippen molar-refractivity contribution in [3.05, 3.63) is 65.5 Å². The summed E-state index contributed by atoms with van der Waals surface area (Å²) in [6.45, 7) is 2.42. The lowest BCUT2D eigenvalue weighted by Crippen LogP contribution is -2.28. The predicted molar refractivity (Wildman–Crippen MR) is 144 cm³/mol. The van der Waals surface area contributed by atoms with Gasteiger partial charge in [-0.3, -0.25) is 0 Å². The van der Waals surface area contributed by atoms with E-state index in [0.29, 0.717) is 34.9 Å². The fourth-order valence-corrected chi connectivity index (χ4v) is 8.52. The van der Waals surface area contributed by atoms with Crippen LogP contribution in [-0.2, 0) is 26.6 Å². The van der Waals surface area contributed by atoms with Crippen molar-refractivity contribution in [1.82, 2.24) is 8.54 Å². The molecule has 2 aliphatic carbocycles. The molecule has 0 saturated heterocycles. The average Bonchev–Trinajstić information content (AvgIpc) is 3.38. The van der Waals surface area contributed by atoms with Crippen LogP contribution in [0.4, 0.5) is 0 Å². The van der Waals surface area contributed by atoms with Crippen molar-refractivity contribution >= 4 is 42.6 Å². The van der Waals surface area contributed by atoms with Gasteiger partial charge in [0.15, 0.2) is 0 Å². The van der Waals surface area contributed by atoms with Gasteiger partial charge < -0.3 is 4.57 Å². The van der Waals surface area contributed by atoms with E-state index in [4.69, 9.17) is 16.7 Å². The number of rotatable bonds is 6. The van der Waals surface area contributed by atoms with Crippen molar-refractivity contribution in [2.24, 2.45) is 11.1 Å². The van der Waals surface area contributed by atoms with Crippen LogP contribution >= 0.6 is 11.6 Å². The second-order valence-electron chi connectivity index (χ2n) is 9.74. The summed E-state index contributed by atoms with van der Waals surface area (Å²) < 4.78 is 55.7. The van der Waals surface area contributed by atoms with E-state index in [-0.39, 0.29) is 16.3 Å². The molecule has 2 aliphatic rings. The zero-order valence-corrected chi connectivity index (χ0v) is 22.5. The first-order valence-electron chi connectivity index (χ1n) is 12.2. The maximum absolute atomic E-state index is 13.8. The number of benzene rings is 1. The molecule has 10 heteroatoms. The number of sulfonamides is 1. The third-order valence-electron chi connectivity index (χ3n) is 7.43. The van der Waals surface area contributed by atoms with Crippen molar-refractivity contribution in [3.8, 4) is 11.3 Å². The van der Waals surface area contributed by atoms with Gasteiger partial charge in [0.1, 0.15) is 10.1 Å². The molecule has 0 amide bonds. The summed E-state index contributed by atoms with van der Waals surface area (Å²) in [4.78, 5) is 0.0661. The third kappa shape index (κ3) is 4.47. The summed E-state index contributed by atoms with van der Waals surface area (Å²) in [5, 5.41) is 5.68. The van der Waals surface area contributed by atoms with E-state index >= 15 is 0 Å². The van der Waals surface area contributed by atoms with Crippen molar-refractivity contribution in [2.75, 3.05) is 0 Å². The number of para-hydroxylation sites is 1. The summed E-state index contributed by atoms with van der Waals surface area (Å²) in [5.41, 5.74) is 2.39. The molecule has 1 aromatic carbocycles. The number of allylic oxidation sites excluding steroid dienone is 3. The summed E-state index contributed by atoms with van der Waals surface area (Å²) >= 11 is 6.33. The van der Waals surface area contributed by atoms with Crippen LogP contribution in [0.1, 0.15) is 44.2 Å². The number of hydrogen-bond acceptors (Lipinski definition) is 4. The average molecular weight is 548 g/mol. The molecule has 0 radical (unpaired) electrons.